The highest BCUT2D eigenvalue weighted by Gasteiger charge is 2.72. The van der Waals surface area contributed by atoms with Crippen molar-refractivity contribution in [1.82, 2.24) is 9.80 Å². The highest BCUT2D eigenvalue weighted by Crippen LogP contribution is 2.85. The minimum atomic E-state index is -0.263. The predicted octanol–water partition coefficient (Wildman–Crippen LogP) is 17.7. The van der Waals surface area contributed by atoms with Gasteiger partial charge in [0.2, 0.25) is 0 Å². The van der Waals surface area contributed by atoms with Gasteiger partial charge in [0, 0.05) is 19.6 Å². The van der Waals surface area contributed by atoms with Gasteiger partial charge in [0.15, 0.2) is 0 Å². The van der Waals surface area contributed by atoms with Crippen LogP contribution in [0, 0.1) is 0 Å². The topological polar surface area (TPSA) is 40.6 Å². The van der Waals surface area contributed by atoms with Crippen LogP contribution in [0.2, 0.25) is 0 Å². The van der Waals surface area contributed by atoms with Crippen LogP contribution in [0.5, 0.6) is 0 Å². The van der Waals surface area contributed by atoms with Crippen LogP contribution in [0.1, 0.15) is 55.8 Å². The van der Waals surface area contributed by atoms with Gasteiger partial charge in [0.25, 0.3) is 11.8 Å². The van der Waals surface area contributed by atoms with Crippen LogP contribution < -0.4 is 0 Å². The van der Waals surface area contributed by atoms with Gasteiger partial charge in [0.1, 0.15) is 0 Å². The molecule has 1 saturated heterocycles. The molecule has 4 aliphatic carbocycles. The van der Waals surface area contributed by atoms with Gasteiger partial charge in [0.05, 0.1) is 22.0 Å². The van der Waals surface area contributed by atoms with Crippen molar-refractivity contribution in [1.29, 1.82) is 0 Å². The zero-order chi connectivity index (χ0) is 47.0. The molecule has 29 aromatic carbocycles. The number of carbonyl (C=O) groups excluding carboxylic acids is 2. The number of benzene rings is 19. The van der Waals surface area contributed by atoms with Crippen molar-refractivity contribution in [3.8, 4) is 0 Å². The number of carbonyl (C=O) groups is 2. The lowest BCUT2D eigenvalue weighted by Crippen LogP contribution is -2.51. The van der Waals surface area contributed by atoms with Crippen molar-refractivity contribution in [2.24, 2.45) is 0 Å². The fourth-order valence-corrected chi connectivity index (χ4v) is 27.1. The predicted molar refractivity (Wildman–Crippen MR) is 321 cm³/mol. The van der Waals surface area contributed by atoms with Crippen LogP contribution >= 0.6 is 0 Å². The molecule has 78 heavy (non-hydrogen) atoms. The first-order valence-corrected chi connectivity index (χ1v) is 29.2. The van der Waals surface area contributed by atoms with Crippen LogP contribution in [-0.4, -0.2) is 47.8 Å². The maximum atomic E-state index is 13.7. The van der Waals surface area contributed by atoms with Crippen LogP contribution in [0.15, 0.2) is 24.3 Å². The van der Waals surface area contributed by atoms with Crippen molar-refractivity contribution in [2.75, 3.05) is 26.2 Å². The molecule has 4 heteroatoms. The second-order valence-electron chi connectivity index (χ2n) is 28.3. The van der Waals surface area contributed by atoms with Crippen molar-refractivity contribution < 1.29 is 9.59 Å². The smallest absolute Gasteiger partial charge is 0.261 e. The molecular weight excluding hydrogens is 949 g/mol. The fraction of sp³-hybridized carbons (Fsp3) is 0.108. The van der Waals surface area contributed by atoms with Crippen LogP contribution in [0.3, 0.4) is 0 Å². The van der Waals surface area contributed by atoms with E-state index in [9.17, 15) is 9.59 Å². The van der Waals surface area contributed by atoms with Gasteiger partial charge in [-0.3, -0.25) is 14.5 Å². The molecule has 6 aliphatic rings. The monoisotopic (exact) mass is 964 g/mol. The second-order valence-corrected chi connectivity index (χ2v) is 28.3. The summed E-state index contributed by atoms with van der Waals surface area (Å²) in [4.78, 5) is 32.0. The summed E-state index contributed by atoms with van der Waals surface area (Å²) in [7, 11) is 0. The molecule has 0 aromatic heterocycles. The third-order valence-corrected chi connectivity index (χ3v) is 27.6. The lowest BCUT2D eigenvalue weighted by atomic mass is 9.50. The van der Waals surface area contributed by atoms with Gasteiger partial charge in [-0.15, -0.1) is 0 Å². The minimum Gasteiger partial charge on any atom is -0.301 e. The summed E-state index contributed by atoms with van der Waals surface area (Å²) in [5.74, 6) is -0.253. The number of likely N-dealkylation sites (tertiary alicyclic amines) is 1. The maximum Gasteiger partial charge on any atom is 0.261 e. The number of hydrogen-bond acceptors (Lipinski definition) is 3. The molecule has 2 aliphatic heterocycles. The van der Waals surface area contributed by atoms with E-state index in [-0.39, 0.29) is 22.6 Å². The van der Waals surface area contributed by atoms with E-state index in [2.05, 4.69) is 4.90 Å². The Morgan fingerprint density at radius 3 is 0.641 bits per heavy atom. The van der Waals surface area contributed by atoms with E-state index in [1.54, 1.807) is 318 Å². The molecular formula is C74H16N2O2. The average Bonchev–Trinajstić information content (AvgIpc) is 1.48. The molecule has 0 radical (unpaired) electrons. The van der Waals surface area contributed by atoms with E-state index in [1.165, 1.54) is 0 Å². The Kier molecular flexibility index (Phi) is 2.82. The van der Waals surface area contributed by atoms with Crippen LogP contribution in [0.4, 0.5) is 0 Å². The largest absolute Gasteiger partial charge is 0.301 e. The molecule has 35 rings (SSSR count). The van der Waals surface area contributed by atoms with Crippen molar-refractivity contribution >= 4 is 303 Å². The Balaban J connectivity index is 0.896. The van der Waals surface area contributed by atoms with Gasteiger partial charge in [-0.2, -0.15) is 0 Å². The summed E-state index contributed by atoms with van der Waals surface area (Å²) in [6.45, 7) is 3.44. The standard InChI is InChI=1S/C74H16N2O2/c77-71-11-5-1-2-6-12(11)72(78)76(71)8-4-3-7-75-9-73-67-59-51-41-31-23-15-13-14-17-21-19(15)27-35-29(21)39-33-25(17)26-18(14)22-20-16(13)24(23)32-38-28(20)36-30(22)40-34(26)44-43(33)53-47(39)57-49(35)55(45(51)37(27)31)63(67)65(57)69-61(53)62-54(44)48(40)58-50(36)56-46(38)52(42(32)41)60(59)68(73)64(56)66(58)70(62)74(69,73)10-75/h1-2,5-6H,3-4,7-10H2. The summed E-state index contributed by atoms with van der Waals surface area (Å²) >= 11 is 0. The number of unbranched alkanes of at least 4 members (excludes halogenated alkanes) is 1. The fourth-order valence-electron chi connectivity index (χ4n) is 27.1. The number of rotatable bonds is 5. The highest BCUT2D eigenvalue weighted by molar-refractivity contribution is 6.82. The number of imide groups is 1. The van der Waals surface area contributed by atoms with Crippen LogP contribution in [0.25, 0.3) is 291 Å². The SMILES string of the molecule is O=C1c2ccccc2C(=O)N1CCCCN1CC23c4c5c6c7c8c9c(c%10c%11c2c2c4c4c%12c5c5c6c6c8c8c%13c9c9c%10c%10c%11c%11c2c2c4c4c%12c%12c5c5c6c8c6c8c%13c9c9c%10c%10c%11c2c2c4c4c%12c5c6c5c8c9c%10c2c45)C73C1. The van der Waals surface area contributed by atoms with Gasteiger partial charge < -0.3 is 4.90 Å². The summed E-state index contributed by atoms with van der Waals surface area (Å²) < 4.78 is 0. The summed E-state index contributed by atoms with van der Waals surface area (Å²) in [6.07, 6.45) is 1.75. The summed E-state index contributed by atoms with van der Waals surface area (Å²) in [6, 6.07) is 7.42. The lowest BCUT2D eigenvalue weighted by Gasteiger charge is -2.49. The molecule has 0 atom stereocenters. The summed E-state index contributed by atoms with van der Waals surface area (Å²) in [5.41, 5.74) is 7.56. The summed E-state index contributed by atoms with van der Waals surface area (Å²) in [5, 5.41) is 88.9. The molecule has 4 nitrogen and oxygen atoms in total. The van der Waals surface area contributed by atoms with Gasteiger partial charge in [-0.05, 0) is 345 Å². The molecule has 2 spiro atoms. The van der Waals surface area contributed by atoms with Crippen LogP contribution in [-0.2, 0) is 10.8 Å². The van der Waals surface area contributed by atoms with E-state index in [1.807, 2.05) is 24.3 Å². The quantitative estimate of drug-likeness (QED) is 0.0980. The van der Waals surface area contributed by atoms with Gasteiger partial charge in [-0.1, -0.05) is 12.1 Å². The Bertz CT molecular complexity index is 7180. The number of amides is 2. The maximum absolute atomic E-state index is 13.7. The third-order valence-electron chi connectivity index (χ3n) is 27.6. The minimum absolute atomic E-state index is 0.126. The average molecular weight is 965 g/mol. The van der Waals surface area contributed by atoms with E-state index < -0.39 is 0 Å². The number of fused-ring (bicyclic) bond motifs is 1. The van der Waals surface area contributed by atoms with Gasteiger partial charge in [-0.25, -0.2) is 0 Å². The zero-order valence-corrected chi connectivity index (χ0v) is 40.3. The molecule has 2 heterocycles. The first kappa shape index (κ1) is 30.5. The van der Waals surface area contributed by atoms with Gasteiger partial charge >= 0.3 is 0 Å². The second kappa shape index (κ2) is 7.21. The van der Waals surface area contributed by atoms with Crippen molar-refractivity contribution in [3.05, 3.63) is 57.6 Å². The molecule has 1 fully saturated rings. The lowest BCUT2D eigenvalue weighted by molar-refractivity contribution is 0.0650. The Morgan fingerprint density at radius 2 is 0.436 bits per heavy atom. The van der Waals surface area contributed by atoms with Crippen molar-refractivity contribution in [2.45, 2.75) is 23.7 Å². The number of hydrogen-bond donors (Lipinski definition) is 0. The van der Waals surface area contributed by atoms with E-state index >= 15 is 0 Å². The Labute approximate surface area is 427 Å². The van der Waals surface area contributed by atoms with Crippen molar-refractivity contribution in [3.63, 3.8) is 0 Å². The molecule has 0 saturated carbocycles. The van der Waals surface area contributed by atoms with E-state index in [4.69, 9.17) is 0 Å². The third kappa shape index (κ3) is 1.74. The van der Waals surface area contributed by atoms with E-state index in [0.29, 0.717) is 17.7 Å². The molecule has 0 N–H and O–H groups in total. The van der Waals surface area contributed by atoms with E-state index in [0.717, 1.165) is 32.5 Å². The molecule has 2 amide bonds. The zero-order valence-electron chi connectivity index (χ0n) is 40.3. The molecule has 0 unspecified atom stereocenters. The Morgan fingerprint density at radius 1 is 0.256 bits per heavy atom. The Hall–Kier alpha value is -9.22. The first-order chi connectivity index (χ1) is 38.7. The molecule has 334 valence electrons. The number of nitrogens with zero attached hydrogens (tertiary/aromatic N) is 2. The first-order valence-electron chi connectivity index (χ1n) is 29.2. The highest BCUT2D eigenvalue weighted by atomic mass is 16.2. The normalized spacial score (nSPS) is 22.5. The molecule has 0 bridgehead atoms. The molecule has 29 aromatic rings.